The van der Waals surface area contributed by atoms with Crippen LogP contribution in [0.5, 0.6) is 0 Å². The molecule has 8 atom stereocenters. The first kappa shape index (κ1) is 21.1. The lowest BCUT2D eigenvalue weighted by Gasteiger charge is -2.59. The third-order valence-corrected chi connectivity index (χ3v) is 10.1. The number of carbonyl (C=O) groups is 3. The fraction of sp³-hybridized carbons (Fsp3) is 0.880. The average Bonchev–Trinajstić information content (AvgIpc) is 3.06. The summed E-state index contributed by atoms with van der Waals surface area (Å²) >= 11 is 0. The highest BCUT2D eigenvalue weighted by Crippen LogP contribution is 2.67. The lowest BCUT2D eigenvalue weighted by atomic mass is 9.44. The van der Waals surface area contributed by atoms with E-state index in [2.05, 4.69) is 20.8 Å². The second-order valence-electron chi connectivity index (χ2n) is 11.1. The number of rotatable bonds is 4. The Bertz CT molecular complexity index is 699. The quantitative estimate of drug-likeness (QED) is 0.622. The number of ether oxygens (including phenoxy) is 1. The number of fused-ring (bicyclic) bond motifs is 5. The zero-order valence-corrected chi connectivity index (χ0v) is 18.7. The molecular weight excluding hydrogens is 364 g/mol. The summed E-state index contributed by atoms with van der Waals surface area (Å²) in [6.45, 7) is 6.87. The Balaban J connectivity index is 1.55. The fourth-order valence-corrected chi connectivity index (χ4v) is 8.34. The number of carbonyl (C=O) groups excluding carboxylic acids is 3. The van der Waals surface area contributed by atoms with E-state index < -0.39 is 0 Å². The van der Waals surface area contributed by atoms with E-state index in [0.717, 1.165) is 38.5 Å². The lowest BCUT2D eigenvalue weighted by Crippen LogP contribution is -2.57. The van der Waals surface area contributed by atoms with Crippen molar-refractivity contribution in [2.75, 3.05) is 7.11 Å². The number of hydrogen-bond acceptors (Lipinski definition) is 4. The van der Waals surface area contributed by atoms with Gasteiger partial charge in [-0.2, -0.15) is 0 Å². The molecule has 0 unspecified atom stereocenters. The minimum Gasteiger partial charge on any atom is -0.469 e. The zero-order chi connectivity index (χ0) is 21.0. The SMILES string of the molecule is COC(=O)CC[C@H](C)[C@@H]1CC[C@@H]2[C@H]3CC[C@H]4CC(=O)CC[C@]4(C)[C@@H]3CC(=O)[C@@]21C. The Morgan fingerprint density at radius 3 is 2.59 bits per heavy atom. The van der Waals surface area contributed by atoms with Crippen LogP contribution in [0, 0.1) is 46.3 Å². The summed E-state index contributed by atoms with van der Waals surface area (Å²) in [7, 11) is 1.44. The van der Waals surface area contributed by atoms with Crippen molar-refractivity contribution in [3.05, 3.63) is 0 Å². The molecule has 4 nitrogen and oxygen atoms in total. The largest absolute Gasteiger partial charge is 0.469 e. The molecule has 0 spiro atoms. The molecule has 0 aromatic rings. The average molecular weight is 403 g/mol. The van der Waals surface area contributed by atoms with Gasteiger partial charge in [0.2, 0.25) is 0 Å². The molecule has 0 heterocycles. The fourth-order valence-electron chi connectivity index (χ4n) is 8.34. The molecule has 4 rings (SSSR count). The Labute approximate surface area is 175 Å². The van der Waals surface area contributed by atoms with Gasteiger partial charge in [0.05, 0.1) is 7.11 Å². The molecule has 4 aliphatic rings. The van der Waals surface area contributed by atoms with E-state index in [4.69, 9.17) is 4.74 Å². The van der Waals surface area contributed by atoms with Gasteiger partial charge in [0, 0.05) is 31.1 Å². The summed E-state index contributed by atoms with van der Waals surface area (Å²) in [5.41, 5.74) is -0.0627. The highest BCUT2D eigenvalue weighted by Gasteiger charge is 2.63. The molecule has 0 saturated heterocycles. The molecule has 0 aromatic carbocycles. The van der Waals surface area contributed by atoms with Crippen molar-refractivity contribution >= 4 is 17.5 Å². The van der Waals surface area contributed by atoms with Gasteiger partial charge in [-0.1, -0.05) is 20.8 Å². The van der Waals surface area contributed by atoms with Crippen molar-refractivity contribution in [2.24, 2.45) is 46.3 Å². The number of Topliss-reactive ketones (excluding diaryl/α,β-unsaturated/α-hetero) is 2. The minimum absolute atomic E-state index is 0.148. The van der Waals surface area contributed by atoms with Crippen LogP contribution in [0.25, 0.3) is 0 Å². The first-order valence-electron chi connectivity index (χ1n) is 11.8. The molecule has 0 amide bonds. The van der Waals surface area contributed by atoms with Crippen LogP contribution in [0.4, 0.5) is 0 Å². The Morgan fingerprint density at radius 1 is 1.10 bits per heavy atom. The molecule has 4 saturated carbocycles. The Hall–Kier alpha value is -1.19. The minimum atomic E-state index is -0.232. The molecule has 4 aliphatic carbocycles. The van der Waals surface area contributed by atoms with Crippen LogP contribution in [0.2, 0.25) is 0 Å². The lowest BCUT2D eigenvalue weighted by molar-refractivity contribution is -0.159. The van der Waals surface area contributed by atoms with Gasteiger partial charge in [0.25, 0.3) is 0 Å². The van der Waals surface area contributed by atoms with E-state index >= 15 is 0 Å². The second-order valence-corrected chi connectivity index (χ2v) is 11.1. The third-order valence-electron chi connectivity index (χ3n) is 10.1. The predicted molar refractivity (Wildman–Crippen MR) is 111 cm³/mol. The van der Waals surface area contributed by atoms with Crippen molar-refractivity contribution in [3.8, 4) is 0 Å². The molecule has 0 N–H and O–H groups in total. The Kier molecular flexibility index (Phi) is 5.44. The number of esters is 1. The first-order chi connectivity index (χ1) is 13.7. The van der Waals surface area contributed by atoms with Gasteiger partial charge in [0.15, 0.2) is 0 Å². The normalized spacial score (nSPS) is 45.2. The molecule has 0 radical (unpaired) electrons. The molecule has 162 valence electrons. The predicted octanol–water partition coefficient (Wildman–Crippen LogP) is 4.98. The van der Waals surface area contributed by atoms with E-state index in [9.17, 15) is 14.4 Å². The summed E-state index contributed by atoms with van der Waals surface area (Å²) in [6, 6.07) is 0. The van der Waals surface area contributed by atoms with Gasteiger partial charge in [-0.15, -0.1) is 0 Å². The molecule has 4 heteroatoms. The van der Waals surface area contributed by atoms with Crippen LogP contribution in [-0.2, 0) is 19.1 Å². The van der Waals surface area contributed by atoms with E-state index in [0.29, 0.717) is 66.3 Å². The first-order valence-corrected chi connectivity index (χ1v) is 11.8. The van der Waals surface area contributed by atoms with E-state index in [1.165, 1.54) is 13.5 Å². The standard InChI is InChI=1S/C25H38O4/c1-15(5-10-23(28)29-4)19-8-9-20-18-7-6-16-13-17(26)11-12-24(16,2)21(18)14-22(27)25(19,20)3/h15-16,18-21H,5-14H2,1-4H3/t15-,16-,18+,19-,20+,21+,24-,25+/m0/s1. The summed E-state index contributed by atoms with van der Waals surface area (Å²) in [5, 5.41) is 0. The van der Waals surface area contributed by atoms with Crippen LogP contribution >= 0.6 is 0 Å². The van der Waals surface area contributed by atoms with E-state index in [-0.39, 0.29) is 16.8 Å². The van der Waals surface area contributed by atoms with Crippen molar-refractivity contribution < 1.29 is 19.1 Å². The van der Waals surface area contributed by atoms with E-state index in [1.54, 1.807) is 0 Å². The molecule has 0 aliphatic heterocycles. The van der Waals surface area contributed by atoms with Crippen LogP contribution in [-0.4, -0.2) is 24.6 Å². The van der Waals surface area contributed by atoms with Crippen LogP contribution in [0.15, 0.2) is 0 Å². The highest BCUT2D eigenvalue weighted by molar-refractivity contribution is 5.87. The number of methoxy groups -OCH3 is 1. The van der Waals surface area contributed by atoms with Crippen molar-refractivity contribution in [1.29, 1.82) is 0 Å². The summed E-state index contributed by atoms with van der Waals surface area (Å²) in [6.07, 6.45) is 9.00. The summed E-state index contributed by atoms with van der Waals surface area (Å²) in [5.74, 6) is 3.55. The maximum Gasteiger partial charge on any atom is 0.305 e. The topological polar surface area (TPSA) is 60.4 Å². The van der Waals surface area contributed by atoms with Crippen LogP contribution in [0.1, 0.15) is 85.0 Å². The maximum absolute atomic E-state index is 13.7. The van der Waals surface area contributed by atoms with Crippen molar-refractivity contribution in [2.45, 2.75) is 85.0 Å². The summed E-state index contributed by atoms with van der Waals surface area (Å²) in [4.78, 5) is 37.4. The molecule has 4 fully saturated rings. The van der Waals surface area contributed by atoms with Gasteiger partial charge in [0.1, 0.15) is 11.6 Å². The monoisotopic (exact) mass is 402 g/mol. The summed E-state index contributed by atoms with van der Waals surface area (Å²) < 4.78 is 4.83. The van der Waals surface area contributed by atoms with Gasteiger partial charge >= 0.3 is 5.97 Å². The molecule has 0 bridgehead atoms. The van der Waals surface area contributed by atoms with E-state index in [1.807, 2.05) is 0 Å². The van der Waals surface area contributed by atoms with Crippen molar-refractivity contribution in [1.82, 2.24) is 0 Å². The molecule has 29 heavy (non-hydrogen) atoms. The van der Waals surface area contributed by atoms with Crippen LogP contribution < -0.4 is 0 Å². The molecular formula is C25H38O4. The highest BCUT2D eigenvalue weighted by atomic mass is 16.5. The smallest absolute Gasteiger partial charge is 0.305 e. The van der Waals surface area contributed by atoms with Gasteiger partial charge < -0.3 is 4.74 Å². The maximum atomic E-state index is 13.7. The number of hydrogen-bond donors (Lipinski definition) is 0. The van der Waals surface area contributed by atoms with Gasteiger partial charge in [-0.05, 0) is 79.4 Å². The van der Waals surface area contributed by atoms with Crippen LogP contribution in [0.3, 0.4) is 0 Å². The third kappa shape index (κ3) is 3.20. The Morgan fingerprint density at radius 2 is 1.86 bits per heavy atom. The molecule has 0 aromatic heterocycles. The second kappa shape index (κ2) is 7.50. The zero-order valence-electron chi connectivity index (χ0n) is 18.7. The van der Waals surface area contributed by atoms with Gasteiger partial charge in [-0.3, -0.25) is 14.4 Å². The van der Waals surface area contributed by atoms with Gasteiger partial charge in [-0.25, -0.2) is 0 Å². The number of ketones is 2. The van der Waals surface area contributed by atoms with Crippen molar-refractivity contribution in [3.63, 3.8) is 0 Å².